The van der Waals surface area contributed by atoms with Gasteiger partial charge in [0.25, 0.3) is 0 Å². The molecule has 0 radical (unpaired) electrons. The zero-order chi connectivity index (χ0) is 50.5. The number of carbonyl (C=O) groups excluding carboxylic acids is 4. The van der Waals surface area contributed by atoms with Gasteiger partial charge in [0.2, 0.25) is 11.8 Å². The Morgan fingerprint density at radius 2 is 1.11 bits per heavy atom. The largest absolute Gasteiger partial charge is 0.453 e. The van der Waals surface area contributed by atoms with Gasteiger partial charge >= 0.3 is 12.2 Å². The van der Waals surface area contributed by atoms with E-state index in [9.17, 15) is 19.2 Å². The lowest BCUT2D eigenvalue weighted by molar-refractivity contribution is -0.137. The van der Waals surface area contributed by atoms with Gasteiger partial charge in [-0.1, -0.05) is 92.3 Å². The highest BCUT2D eigenvalue weighted by Crippen LogP contribution is 2.38. The zero-order valence-corrected chi connectivity index (χ0v) is 43.0. The van der Waals surface area contributed by atoms with E-state index in [2.05, 4.69) is 110 Å². The van der Waals surface area contributed by atoms with Crippen molar-refractivity contribution in [3.63, 3.8) is 0 Å². The van der Waals surface area contributed by atoms with Gasteiger partial charge < -0.3 is 29.2 Å². The lowest BCUT2D eigenvalue weighted by atomic mass is 9.84. The van der Waals surface area contributed by atoms with Crippen LogP contribution in [0.15, 0.2) is 96.4 Å². The van der Waals surface area contributed by atoms with Gasteiger partial charge in [-0.15, -0.1) is 0 Å². The summed E-state index contributed by atoms with van der Waals surface area (Å²) < 4.78 is 9.96. The first-order valence-corrected chi connectivity index (χ1v) is 26.3. The Kier molecular flexibility index (Phi) is 15.6. The van der Waals surface area contributed by atoms with Gasteiger partial charge in [-0.2, -0.15) is 0 Å². The number of aromatic nitrogens is 4. The maximum Gasteiger partial charge on any atom is 0.410 e. The monoisotopic (exact) mass is 977 g/mol. The molecule has 14 heteroatoms. The van der Waals surface area contributed by atoms with Gasteiger partial charge in [-0.05, 0) is 142 Å². The fraction of sp³-hybridized carbons (Fsp3) is 0.483. The molecule has 2 aromatic carbocycles. The zero-order valence-electron chi connectivity index (χ0n) is 43.0. The van der Waals surface area contributed by atoms with Gasteiger partial charge in [-0.25, -0.2) is 19.6 Å². The third kappa shape index (κ3) is 10.6. The molecule has 14 nitrogen and oxygen atoms in total. The molecule has 0 unspecified atom stereocenters. The van der Waals surface area contributed by atoms with Crippen LogP contribution in [0.25, 0.3) is 33.7 Å². The third-order valence-electron chi connectivity index (χ3n) is 16.0. The molecule has 4 aliphatic heterocycles. The van der Waals surface area contributed by atoms with Crippen LogP contribution >= 0.6 is 0 Å². The first-order valence-electron chi connectivity index (χ1n) is 26.3. The maximum atomic E-state index is 13.8. The first kappa shape index (κ1) is 50.2. The molecule has 2 N–H and O–H groups in total. The highest BCUT2D eigenvalue weighted by molar-refractivity contribution is 5.88. The molecule has 6 heterocycles. The Morgan fingerprint density at radius 1 is 0.625 bits per heavy atom. The number of likely N-dealkylation sites (tertiary alicyclic amines) is 4. The second kappa shape index (κ2) is 22.4. The van der Waals surface area contributed by atoms with Crippen molar-refractivity contribution in [3.8, 4) is 22.5 Å². The number of benzene rings is 2. The van der Waals surface area contributed by atoms with Gasteiger partial charge in [0.1, 0.15) is 23.7 Å². The molecule has 380 valence electrons. The average molecular weight is 977 g/mol. The fourth-order valence-corrected chi connectivity index (χ4v) is 11.7. The van der Waals surface area contributed by atoms with E-state index in [1.807, 2.05) is 22.2 Å². The molecule has 4 aromatic rings. The molecule has 1 aliphatic carbocycles. The summed E-state index contributed by atoms with van der Waals surface area (Å²) in [4.78, 5) is 76.0. The van der Waals surface area contributed by atoms with Crippen LogP contribution in [-0.2, 0) is 19.1 Å². The molecule has 0 bridgehead atoms. The first-order chi connectivity index (χ1) is 35.0. The summed E-state index contributed by atoms with van der Waals surface area (Å²) in [5.74, 6) is 2.28. The number of carbonyl (C=O) groups is 4. The van der Waals surface area contributed by atoms with E-state index >= 15 is 0 Å². The van der Waals surface area contributed by atoms with Crippen molar-refractivity contribution in [2.75, 3.05) is 40.4 Å². The topological polar surface area (TPSA) is 157 Å². The molecule has 4 saturated heterocycles. The number of rotatable bonds is 8. The number of hydrogen-bond acceptors (Lipinski definition) is 8. The van der Waals surface area contributed by atoms with Gasteiger partial charge in [0.15, 0.2) is 0 Å². The van der Waals surface area contributed by atoms with Crippen molar-refractivity contribution in [2.24, 2.45) is 11.8 Å². The number of ether oxygens (including phenoxy) is 2. The second-order valence-corrected chi connectivity index (χ2v) is 20.5. The summed E-state index contributed by atoms with van der Waals surface area (Å²) in [5.41, 5.74) is 11.5. The number of nitrogens with one attached hydrogen (secondary N) is 2. The number of hydrogen-bond donors (Lipinski definition) is 2. The van der Waals surface area contributed by atoms with E-state index in [0.29, 0.717) is 50.9 Å². The molecule has 4 fully saturated rings. The summed E-state index contributed by atoms with van der Waals surface area (Å²) in [5, 5.41) is 0. The minimum absolute atomic E-state index is 0.0248. The van der Waals surface area contributed by atoms with Crippen LogP contribution in [0.4, 0.5) is 9.59 Å². The van der Waals surface area contributed by atoms with Gasteiger partial charge in [0, 0.05) is 26.2 Å². The molecule has 5 aliphatic rings. The minimum atomic E-state index is -0.491. The lowest BCUT2D eigenvalue weighted by Gasteiger charge is -2.30. The van der Waals surface area contributed by atoms with Crippen LogP contribution in [0.1, 0.15) is 140 Å². The normalized spacial score (nSPS) is 26.5. The van der Waals surface area contributed by atoms with Crippen LogP contribution in [0.2, 0.25) is 0 Å². The van der Waals surface area contributed by atoms with E-state index < -0.39 is 24.3 Å². The van der Waals surface area contributed by atoms with Gasteiger partial charge in [0.05, 0.1) is 50.1 Å². The van der Waals surface area contributed by atoms with Crippen LogP contribution in [-0.4, -0.2) is 116 Å². The van der Waals surface area contributed by atoms with Crippen molar-refractivity contribution < 1.29 is 28.7 Å². The SMILES string of the molecule is C/C=C1\C=C(\c2ccc(-c3cnc([C@@H]4CCCN4C(=O)[C@@H]4CCCN4C(=O)OC)[nH]3)cc2)[C@H](C)CC[C@@H](C)/C=C\C(=C(/C)c2ccc(-c3cnc([C@@H]4CCCN4C(=O)[C@@H]4CCCN4C(=O)OC)[nH]3)cc2)CC1. The lowest BCUT2D eigenvalue weighted by Crippen LogP contribution is -2.47. The molecule has 2 aromatic heterocycles. The number of imidazole rings is 2. The molecule has 6 atom stereocenters. The molecule has 4 amide bonds. The molecule has 0 spiro atoms. The highest BCUT2D eigenvalue weighted by atomic mass is 16.5. The number of aromatic amines is 2. The van der Waals surface area contributed by atoms with Crippen LogP contribution in [0, 0.1) is 11.8 Å². The van der Waals surface area contributed by atoms with Crippen LogP contribution < -0.4 is 0 Å². The predicted molar refractivity (Wildman–Crippen MR) is 280 cm³/mol. The number of methoxy groups -OCH3 is 2. The Bertz CT molecular complexity index is 2730. The van der Waals surface area contributed by atoms with Crippen molar-refractivity contribution >= 4 is 35.1 Å². The summed E-state index contributed by atoms with van der Waals surface area (Å²) in [7, 11) is 2.73. The maximum absolute atomic E-state index is 13.8. The predicted octanol–water partition coefficient (Wildman–Crippen LogP) is 11.5. The van der Waals surface area contributed by atoms with Crippen molar-refractivity contribution in [3.05, 3.63) is 119 Å². The molecule has 72 heavy (non-hydrogen) atoms. The molecule has 0 saturated carbocycles. The number of nitrogens with zero attached hydrogens (tertiary/aromatic N) is 6. The average Bonchev–Trinajstić information content (AvgIpc) is 4.27. The van der Waals surface area contributed by atoms with Crippen molar-refractivity contribution in [1.29, 1.82) is 0 Å². The second-order valence-electron chi connectivity index (χ2n) is 20.5. The van der Waals surface area contributed by atoms with Crippen LogP contribution in [0.3, 0.4) is 0 Å². The third-order valence-corrected chi connectivity index (χ3v) is 16.0. The minimum Gasteiger partial charge on any atom is -0.453 e. The molecular weight excluding hydrogens is 905 g/mol. The van der Waals surface area contributed by atoms with Crippen molar-refractivity contribution in [2.45, 2.75) is 129 Å². The molecule has 9 rings (SSSR count). The quantitative estimate of drug-likeness (QED) is 0.177. The van der Waals surface area contributed by atoms with E-state index in [0.717, 1.165) is 98.4 Å². The van der Waals surface area contributed by atoms with E-state index in [1.54, 1.807) is 9.80 Å². The Hall–Kier alpha value is -6.70. The number of amides is 4. The fourth-order valence-electron chi connectivity index (χ4n) is 11.7. The Balaban J connectivity index is 0.872. The van der Waals surface area contributed by atoms with Crippen molar-refractivity contribution in [1.82, 2.24) is 39.5 Å². The number of H-pyrrole nitrogens is 2. The van der Waals surface area contributed by atoms with E-state index in [1.165, 1.54) is 47.6 Å². The van der Waals surface area contributed by atoms with E-state index in [-0.39, 0.29) is 23.9 Å². The number of allylic oxidation sites excluding steroid dienone is 8. The highest BCUT2D eigenvalue weighted by Gasteiger charge is 2.43. The summed E-state index contributed by atoms with van der Waals surface area (Å²) in [6.07, 6.45) is 22.5. The van der Waals surface area contributed by atoms with Crippen LogP contribution in [0.5, 0.6) is 0 Å². The smallest absolute Gasteiger partial charge is 0.410 e. The summed E-state index contributed by atoms with van der Waals surface area (Å²) in [6, 6.07) is 16.2. The Morgan fingerprint density at radius 3 is 1.62 bits per heavy atom. The summed E-state index contributed by atoms with van der Waals surface area (Å²) in [6.45, 7) is 11.4. The molecular formula is C58H72N8O6. The summed E-state index contributed by atoms with van der Waals surface area (Å²) >= 11 is 0. The van der Waals surface area contributed by atoms with Gasteiger partial charge in [-0.3, -0.25) is 19.4 Å². The standard InChI is InChI=1S/C58H72N8O6/c1-7-40-19-21-41(39(4)42-22-26-44(27-23-42)47-35-59-53(61-47)49-12-8-30-63(49)55(67)51-14-10-32-65(51)57(69)71-5)20-17-37(2)16-18-38(3)46(34-40)43-24-28-45(29-25-43)48-36-60-54(62-48)50-13-9-31-64(50)56(68)52-15-11-33-66(52)58(70)72-6/h7,17,20,22-29,34-38,49-52H,8-16,18-19,21,30-33H2,1-6H3,(H,59,61)(H,60,62)/b20-17-,40-7-,41-39-,46-34+/t37-,38-,49+,50+,51+,52+/m1/s1. The Labute approximate surface area is 424 Å². The van der Waals surface area contributed by atoms with E-state index in [4.69, 9.17) is 19.4 Å².